The zero-order chi connectivity index (χ0) is 10.1. The van der Waals surface area contributed by atoms with Crippen molar-refractivity contribution in [3.05, 3.63) is 0 Å². The molecule has 1 saturated carbocycles. The molecule has 4 heteroatoms. The quantitative estimate of drug-likeness (QED) is 0.357. The van der Waals surface area contributed by atoms with Gasteiger partial charge in [0.2, 0.25) is 0 Å². The van der Waals surface area contributed by atoms with E-state index in [0.29, 0.717) is 0 Å². The number of carbonyl (C=O) groups is 1. The molecular weight excluding hydrogens is 281 g/mol. The molecule has 1 N–H and O–H groups in total. The van der Waals surface area contributed by atoms with E-state index in [1.54, 1.807) is 0 Å². The summed E-state index contributed by atoms with van der Waals surface area (Å²) < 4.78 is 0.0841. The van der Waals surface area contributed by atoms with Crippen LogP contribution in [0.4, 0.5) is 0 Å². The Morgan fingerprint density at radius 2 is 2.38 bits per heavy atom. The molecular formula is C9H17INO2-. The molecule has 0 spiro atoms. The van der Waals surface area contributed by atoms with Crippen molar-refractivity contribution in [3.8, 4) is 0 Å². The monoisotopic (exact) mass is 298 g/mol. The predicted molar refractivity (Wildman–Crippen MR) is 47.3 cm³/mol. The molecule has 0 aromatic rings. The molecule has 0 aliphatic heterocycles. The summed E-state index contributed by atoms with van der Waals surface area (Å²) in [5.41, 5.74) is 0. The maximum atomic E-state index is 10.8. The second-order valence-electron chi connectivity index (χ2n) is 3.52. The topological polar surface area (TPSA) is 40.5 Å². The van der Waals surface area contributed by atoms with Gasteiger partial charge < -0.3 is 0 Å². The van der Waals surface area contributed by atoms with Crippen LogP contribution in [0.15, 0.2) is 0 Å². The summed E-state index contributed by atoms with van der Waals surface area (Å²) >= 11 is -0.00928. The van der Waals surface area contributed by atoms with Crippen LogP contribution in [0.2, 0.25) is 0 Å². The third-order valence-electron chi connectivity index (χ3n) is 2.68. The first kappa shape index (κ1) is 11.2. The molecule has 0 aromatic heterocycles. The van der Waals surface area contributed by atoms with Gasteiger partial charge in [-0.05, 0) is 0 Å². The van der Waals surface area contributed by atoms with Gasteiger partial charge in [0.25, 0.3) is 0 Å². The number of halogens is 1. The van der Waals surface area contributed by atoms with E-state index in [1.165, 1.54) is 0 Å². The number of hydrogen-bond acceptors (Lipinski definition) is 2. The van der Waals surface area contributed by atoms with Crippen molar-refractivity contribution in [2.24, 2.45) is 5.92 Å². The number of carboxylic acids is 1. The molecule has 0 saturated heterocycles. The fourth-order valence-corrected chi connectivity index (χ4v) is 4.76. The van der Waals surface area contributed by atoms with Crippen molar-refractivity contribution in [2.45, 2.75) is 23.3 Å². The molecule has 13 heavy (non-hydrogen) atoms. The molecule has 0 heterocycles. The summed E-state index contributed by atoms with van der Waals surface area (Å²) in [6, 6.07) is 0. The first-order valence-electron chi connectivity index (χ1n) is 4.53. The molecule has 0 bridgehead atoms. The van der Waals surface area contributed by atoms with Crippen molar-refractivity contribution >= 4 is 5.97 Å². The molecule has 2 unspecified atom stereocenters. The number of alkyl halides is 2. The number of hydrogen-bond donors (Lipinski definition) is 1. The third-order valence-corrected chi connectivity index (χ3v) is 6.57. The first-order valence-corrected chi connectivity index (χ1v) is 7.76. The Bertz CT molecular complexity index is 210. The molecule has 3 nitrogen and oxygen atoms in total. The van der Waals surface area contributed by atoms with Crippen molar-refractivity contribution in [1.82, 2.24) is 4.90 Å². The van der Waals surface area contributed by atoms with E-state index in [4.69, 9.17) is 5.11 Å². The van der Waals surface area contributed by atoms with Crippen LogP contribution in [-0.2, 0) is 4.79 Å². The molecule has 0 radical (unpaired) electrons. The van der Waals surface area contributed by atoms with Crippen molar-refractivity contribution in [3.63, 3.8) is 0 Å². The standard InChI is InChI=1S/C9H17INO2/c1-4-5-11(3)9(10-2)6-7(9)8(12)13/h7H,4-6H2,1-3H3,(H,12,13)/q-1. The summed E-state index contributed by atoms with van der Waals surface area (Å²) in [6.45, 7) is 3.16. The number of aliphatic carboxylic acids is 1. The van der Waals surface area contributed by atoms with Crippen molar-refractivity contribution in [2.75, 3.05) is 18.5 Å². The zero-order valence-electron chi connectivity index (χ0n) is 8.38. The van der Waals surface area contributed by atoms with Gasteiger partial charge in [-0.15, -0.1) is 0 Å². The summed E-state index contributed by atoms with van der Waals surface area (Å²) in [6.07, 6.45) is 1.98. The number of carboxylic acid groups (broad SMARTS) is 1. The second kappa shape index (κ2) is 4.13. The van der Waals surface area contributed by atoms with Gasteiger partial charge in [-0.2, -0.15) is 0 Å². The second-order valence-corrected chi connectivity index (χ2v) is 6.47. The van der Waals surface area contributed by atoms with E-state index in [-0.39, 0.29) is 30.7 Å². The minimum absolute atomic E-state index is 0.00928. The Morgan fingerprint density at radius 1 is 1.77 bits per heavy atom. The van der Waals surface area contributed by atoms with Gasteiger partial charge in [-0.25, -0.2) is 0 Å². The Labute approximate surface area is 89.8 Å². The summed E-state index contributed by atoms with van der Waals surface area (Å²) in [7, 11) is 2.07. The molecule has 2 atom stereocenters. The molecule has 1 aliphatic carbocycles. The summed E-state index contributed by atoms with van der Waals surface area (Å²) in [5, 5.41) is 8.93. The van der Waals surface area contributed by atoms with E-state index < -0.39 is 5.97 Å². The average Bonchev–Trinajstić information content (AvgIpc) is 2.80. The van der Waals surface area contributed by atoms with Gasteiger partial charge in [0.15, 0.2) is 0 Å². The maximum absolute atomic E-state index is 10.8. The normalized spacial score (nSPS) is 32.5. The van der Waals surface area contributed by atoms with E-state index in [9.17, 15) is 4.79 Å². The first-order chi connectivity index (χ1) is 6.08. The Morgan fingerprint density at radius 3 is 2.69 bits per heavy atom. The van der Waals surface area contributed by atoms with Gasteiger partial charge >= 0.3 is 89.7 Å². The molecule has 0 aromatic carbocycles. The van der Waals surface area contributed by atoms with Crippen LogP contribution in [0, 0.1) is 5.92 Å². The fraction of sp³-hybridized carbons (Fsp3) is 0.889. The average molecular weight is 298 g/mol. The SMILES string of the molecule is CCCN(C)C1([I-]C)CC1C(=O)O. The fourth-order valence-electron chi connectivity index (χ4n) is 1.80. The number of rotatable bonds is 5. The summed E-state index contributed by atoms with van der Waals surface area (Å²) in [4.78, 5) is 15.3. The Hall–Kier alpha value is 0.160. The van der Waals surface area contributed by atoms with Gasteiger partial charge in [0.05, 0.1) is 0 Å². The van der Waals surface area contributed by atoms with E-state index in [1.807, 2.05) is 0 Å². The zero-order valence-corrected chi connectivity index (χ0v) is 10.5. The van der Waals surface area contributed by atoms with Crippen molar-refractivity contribution < 1.29 is 31.1 Å². The summed E-state index contributed by atoms with van der Waals surface area (Å²) in [5.74, 6) is -0.689. The minimum atomic E-state index is -0.607. The number of nitrogens with zero attached hydrogens (tertiary/aromatic N) is 1. The third kappa shape index (κ3) is 1.98. The van der Waals surface area contributed by atoms with Crippen LogP contribution < -0.4 is 21.2 Å². The molecule has 1 fully saturated rings. The Balaban J connectivity index is 2.59. The van der Waals surface area contributed by atoms with Crippen LogP contribution in [0.25, 0.3) is 0 Å². The van der Waals surface area contributed by atoms with E-state index in [0.717, 1.165) is 19.4 Å². The van der Waals surface area contributed by atoms with Crippen LogP contribution in [0.1, 0.15) is 19.8 Å². The van der Waals surface area contributed by atoms with Crippen LogP contribution in [0.3, 0.4) is 0 Å². The molecule has 1 rings (SSSR count). The van der Waals surface area contributed by atoms with Crippen LogP contribution >= 0.6 is 0 Å². The molecule has 1 aliphatic rings. The Kier molecular flexibility index (Phi) is 3.57. The van der Waals surface area contributed by atoms with Gasteiger partial charge in [-0.1, -0.05) is 0 Å². The van der Waals surface area contributed by atoms with Crippen LogP contribution in [0.5, 0.6) is 0 Å². The predicted octanol–water partition coefficient (Wildman–Crippen LogP) is -2.15. The van der Waals surface area contributed by atoms with Gasteiger partial charge in [0.1, 0.15) is 0 Å². The van der Waals surface area contributed by atoms with E-state index in [2.05, 4.69) is 23.8 Å². The van der Waals surface area contributed by atoms with Gasteiger partial charge in [0, 0.05) is 0 Å². The molecule has 0 amide bonds. The van der Waals surface area contributed by atoms with Crippen molar-refractivity contribution in [1.29, 1.82) is 0 Å². The van der Waals surface area contributed by atoms with Gasteiger partial charge in [-0.3, -0.25) is 0 Å². The van der Waals surface area contributed by atoms with Crippen LogP contribution in [-0.4, -0.2) is 38.0 Å². The molecule has 78 valence electrons. The van der Waals surface area contributed by atoms with E-state index >= 15 is 0 Å².